The highest BCUT2D eigenvalue weighted by molar-refractivity contribution is 5.95. The smallest absolute Gasteiger partial charge is 0.372 e. The molecule has 0 saturated heterocycles. The second-order valence-electron chi connectivity index (χ2n) is 4.82. The first-order valence-corrected chi connectivity index (χ1v) is 6.38. The van der Waals surface area contributed by atoms with Crippen LogP contribution in [0, 0.1) is 0 Å². The number of hydrogen-bond donors (Lipinski definition) is 5. The van der Waals surface area contributed by atoms with Crippen molar-refractivity contribution < 1.29 is 29.6 Å². The van der Waals surface area contributed by atoms with Gasteiger partial charge in [-0.15, -0.1) is 0 Å². The van der Waals surface area contributed by atoms with Crippen molar-refractivity contribution in [2.75, 3.05) is 19.8 Å². The number of aliphatic hydroxyl groups is 3. The minimum Gasteiger partial charge on any atom is -0.475 e. The number of nitrogens with one attached hydrogen (secondary N) is 1. The summed E-state index contributed by atoms with van der Waals surface area (Å²) in [6.45, 7) is -1.44. The minimum atomic E-state index is -1.28. The zero-order valence-electron chi connectivity index (χ0n) is 11.2. The van der Waals surface area contributed by atoms with Gasteiger partial charge in [0.1, 0.15) is 5.58 Å². The molecule has 0 bridgehead atoms. The normalized spacial score (nSPS) is 12.0. The maximum Gasteiger partial charge on any atom is 0.372 e. The van der Waals surface area contributed by atoms with Gasteiger partial charge < -0.3 is 30.2 Å². The molecule has 0 amide bonds. The van der Waals surface area contributed by atoms with Crippen LogP contribution in [0.1, 0.15) is 16.1 Å². The topological polar surface area (TPSA) is 123 Å². The van der Waals surface area contributed by atoms with Crippen molar-refractivity contribution in [1.82, 2.24) is 5.32 Å². The van der Waals surface area contributed by atoms with E-state index in [-0.39, 0.29) is 12.3 Å². The molecule has 0 aliphatic rings. The molecule has 1 heterocycles. The summed E-state index contributed by atoms with van der Waals surface area (Å²) in [6, 6.07) is 6.86. The van der Waals surface area contributed by atoms with Crippen molar-refractivity contribution in [3.8, 4) is 0 Å². The molecule has 0 aliphatic carbocycles. The lowest BCUT2D eigenvalue weighted by Crippen LogP contribution is -2.54. The molecule has 0 unspecified atom stereocenters. The van der Waals surface area contributed by atoms with Gasteiger partial charge in [-0.2, -0.15) is 0 Å². The summed E-state index contributed by atoms with van der Waals surface area (Å²) >= 11 is 0. The van der Waals surface area contributed by atoms with Crippen molar-refractivity contribution in [2.24, 2.45) is 0 Å². The fourth-order valence-electron chi connectivity index (χ4n) is 2.04. The van der Waals surface area contributed by atoms with Crippen molar-refractivity contribution in [3.05, 3.63) is 35.6 Å². The van der Waals surface area contributed by atoms with E-state index in [4.69, 9.17) is 4.42 Å². The van der Waals surface area contributed by atoms with E-state index in [0.29, 0.717) is 16.5 Å². The third-order valence-corrected chi connectivity index (χ3v) is 3.44. The molecule has 0 radical (unpaired) electrons. The first-order chi connectivity index (χ1) is 10.1. The first-order valence-electron chi connectivity index (χ1n) is 6.38. The number of hydrogen-bond acceptors (Lipinski definition) is 6. The summed E-state index contributed by atoms with van der Waals surface area (Å²) in [6.07, 6.45) is 0. The maximum atomic E-state index is 11.3. The van der Waals surface area contributed by atoms with E-state index in [1.165, 1.54) is 0 Å². The Bertz CT molecular complexity index is 623. The van der Waals surface area contributed by atoms with Crippen LogP contribution in [0.3, 0.4) is 0 Å². The van der Waals surface area contributed by atoms with Crippen LogP contribution in [-0.4, -0.2) is 51.8 Å². The SMILES string of the molecule is O=C(O)c1oc2ccccc2c1CNC(CO)(CO)CO. The maximum absolute atomic E-state index is 11.3. The molecule has 2 rings (SSSR count). The lowest BCUT2D eigenvalue weighted by molar-refractivity contribution is 0.0412. The third-order valence-electron chi connectivity index (χ3n) is 3.44. The summed E-state index contributed by atoms with van der Waals surface area (Å²) in [4.78, 5) is 11.3. The van der Waals surface area contributed by atoms with Gasteiger partial charge >= 0.3 is 5.97 Å². The molecule has 0 saturated carbocycles. The average Bonchev–Trinajstić information content (AvgIpc) is 2.88. The fourth-order valence-corrected chi connectivity index (χ4v) is 2.04. The van der Waals surface area contributed by atoms with E-state index < -0.39 is 31.3 Å². The molecule has 0 fully saturated rings. The van der Waals surface area contributed by atoms with Crippen LogP contribution >= 0.6 is 0 Å². The molecule has 21 heavy (non-hydrogen) atoms. The molecule has 2 aromatic rings. The monoisotopic (exact) mass is 295 g/mol. The number of fused-ring (bicyclic) bond motifs is 1. The van der Waals surface area contributed by atoms with Gasteiger partial charge in [0.15, 0.2) is 0 Å². The minimum absolute atomic E-state index is 0.0281. The zero-order valence-corrected chi connectivity index (χ0v) is 11.2. The second-order valence-corrected chi connectivity index (χ2v) is 4.82. The van der Waals surface area contributed by atoms with Crippen molar-refractivity contribution in [1.29, 1.82) is 0 Å². The number of aromatic carboxylic acids is 1. The Morgan fingerprint density at radius 3 is 2.33 bits per heavy atom. The Morgan fingerprint density at radius 2 is 1.76 bits per heavy atom. The Morgan fingerprint density at radius 1 is 1.14 bits per heavy atom. The van der Waals surface area contributed by atoms with Crippen LogP contribution in [0.25, 0.3) is 11.0 Å². The van der Waals surface area contributed by atoms with Gasteiger partial charge in [0, 0.05) is 17.5 Å². The molecular weight excluding hydrogens is 278 g/mol. The number of aliphatic hydroxyl groups excluding tert-OH is 3. The van der Waals surface area contributed by atoms with Crippen LogP contribution in [0.4, 0.5) is 0 Å². The van der Waals surface area contributed by atoms with Crippen LogP contribution in [0.15, 0.2) is 28.7 Å². The summed E-state index contributed by atoms with van der Waals surface area (Å²) in [7, 11) is 0. The standard InChI is InChI=1S/C14H17NO6/c16-6-14(7-17,8-18)15-5-10-9-3-1-2-4-11(9)21-12(10)13(19)20/h1-4,15-18H,5-8H2,(H,19,20). The molecule has 0 spiro atoms. The van der Waals surface area contributed by atoms with E-state index in [0.717, 1.165) is 0 Å². The highest BCUT2D eigenvalue weighted by Gasteiger charge is 2.29. The van der Waals surface area contributed by atoms with Crippen molar-refractivity contribution in [2.45, 2.75) is 12.1 Å². The predicted molar refractivity (Wildman–Crippen MR) is 74.0 cm³/mol. The summed E-state index contributed by atoms with van der Waals surface area (Å²) < 4.78 is 5.30. The van der Waals surface area contributed by atoms with Crippen LogP contribution in [-0.2, 0) is 6.54 Å². The van der Waals surface area contributed by atoms with E-state index in [2.05, 4.69) is 5.32 Å². The summed E-state index contributed by atoms with van der Waals surface area (Å²) in [5.41, 5.74) is -0.444. The van der Waals surface area contributed by atoms with E-state index in [1.807, 2.05) is 0 Å². The lowest BCUT2D eigenvalue weighted by Gasteiger charge is -2.28. The predicted octanol–water partition coefficient (Wildman–Crippen LogP) is -0.0637. The molecule has 7 heteroatoms. The first kappa shape index (κ1) is 15.5. The number of carbonyl (C=O) groups is 1. The molecule has 7 nitrogen and oxygen atoms in total. The van der Waals surface area contributed by atoms with Gasteiger partial charge in [0.2, 0.25) is 5.76 Å². The number of para-hydroxylation sites is 1. The molecule has 1 aromatic heterocycles. The van der Waals surface area contributed by atoms with E-state index >= 15 is 0 Å². The van der Waals surface area contributed by atoms with E-state index in [1.54, 1.807) is 24.3 Å². The Balaban J connectivity index is 2.37. The molecule has 0 aliphatic heterocycles. The fraction of sp³-hybridized carbons (Fsp3) is 0.357. The second kappa shape index (κ2) is 6.23. The van der Waals surface area contributed by atoms with Gasteiger partial charge in [0.25, 0.3) is 0 Å². The van der Waals surface area contributed by atoms with Gasteiger partial charge in [-0.05, 0) is 6.07 Å². The van der Waals surface area contributed by atoms with Gasteiger partial charge in [0.05, 0.1) is 25.4 Å². The van der Waals surface area contributed by atoms with Crippen LogP contribution in [0.5, 0.6) is 0 Å². The molecule has 5 N–H and O–H groups in total. The lowest BCUT2D eigenvalue weighted by atomic mass is 10.0. The van der Waals surface area contributed by atoms with Crippen LogP contribution < -0.4 is 5.32 Å². The number of carboxylic acids is 1. The van der Waals surface area contributed by atoms with Crippen molar-refractivity contribution >= 4 is 16.9 Å². The number of furan rings is 1. The Labute approximate surface area is 120 Å². The largest absolute Gasteiger partial charge is 0.475 e. The number of benzene rings is 1. The molecular formula is C14H17NO6. The van der Waals surface area contributed by atoms with Gasteiger partial charge in [-0.3, -0.25) is 0 Å². The summed E-state index contributed by atoms with van der Waals surface area (Å²) in [5, 5.41) is 40.5. The molecule has 0 atom stereocenters. The average molecular weight is 295 g/mol. The quantitative estimate of drug-likeness (QED) is 0.484. The highest BCUT2D eigenvalue weighted by atomic mass is 16.4. The number of carboxylic acid groups (broad SMARTS) is 1. The molecule has 114 valence electrons. The summed E-state index contributed by atoms with van der Waals surface area (Å²) in [5.74, 6) is -1.41. The Hall–Kier alpha value is -1.93. The third kappa shape index (κ3) is 2.91. The van der Waals surface area contributed by atoms with Crippen LogP contribution in [0.2, 0.25) is 0 Å². The van der Waals surface area contributed by atoms with E-state index in [9.17, 15) is 25.2 Å². The Kier molecular flexibility index (Phi) is 4.59. The highest BCUT2D eigenvalue weighted by Crippen LogP contribution is 2.26. The van der Waals surface area contributed by atoms with Crippen molar-refractivity contribution in [3.63, 3.8) is 0 Å². The van der Waals surface area contributed by atoms with Gasteiger partial charge in [-0.25, -0.2) is 4.79 Å². The number of rotatable bonds is 7. The zero-order chi connectivity index (χ0) is 15.5. The molecule has 1 aromatic carbocycles. The van der Waals surface area contributed by atoms with Gasteiger partial charge in [-0.1, -0.05) is 18.2 Å².